The molecule has 1 unspecified atom stereocenters. The monoisotopic (exact) mass is 263 g/mol. The maximum Gasteiger partial charge on any atom is 0.223 e. The van der Waals surface area contributed by atoms with Gasteiger partial charge in [0.2, 0.25) is 5.91 Å². The van der Waals surface area contributed by atoms with E-state index in [9.17, 15) is 4.79 Å². The van der Waals surface area contributed by atoms with Crippen molar-refractivity contribution < 1.29 is 4.79 Å². The van der Waals surface area contributed by atoms with Crippen molar-refractivity contribution in [3.8, 4) is 12.3 Å². The van der Waals surface area contributed by atoms with E-state index in [1.165, 1.54) is 12.8 Å². The molecule has 1 aliphatic carbocycles. The first-order valence-corrected chi connectivity index (χ1v) is 7.62. The van der Waals surface area contributed by atoms with Crippen LogP contribution in [0.4, 0.5) is 0 Å². The van der Waals surface area contributed by atoms with Crippen molar-refractivity contribution in [3.63, 3.8) is 0 Å². The highest BCUT2D eigenvalue weighted by Gasteiger charge is 2.32. The van der Waals surface area contributed by atoms with Gasteiger partial charge in [0.25, 0.3) is 0 Å². The normalized spacial score (nSPS) is 25.4. The first kappa shape index (κ1) is 16.1. The predicted octanol–water partition coefficient (Wildman–Crippen LogP) is 3.76. The number of amides is 1. The number of nitrogens with one attached hydrogen (secondary N) is 1. The zero-order chi connectivity index (χ0) is 14.5. The molecular weight excluding hydrogens is 234 g/mol. The van der Waals surface area contributed by atoms with Crippen LogP contribution in [0.2, 0.25) is 0 Å². The lowest BCUT2D eigenvalue weighted by atomic mass is 9.69. The molecule has 0 saturated heterocycles. The van der Waals surface area contributed by atoms with Gasteiger partial charge in [-0.3, -0.25) is 4.79 Å². The van der Waals surface area contributed by atoms with E-state index in [1.54, 1.807) is 0 Å². The third kappa shape index (κ3) is 4.90. The second-order valence-electron chi connectivity index (χ2n) is 6.94. The lowest BCUT2D eigenvalue weighted by Gasteiger charge is -2.36. The fourth-order valence-electron chi connectivity index (χ4n) is 2.98. The first-order valence-electron chi connectivity index (χ1n) is 7.62. The third-order valence-electron chi connectivity index (χ3n) is 4.53. The minimum Gasteiger partial charge on any atom is -0.352 e. The summed E-state index contributed by atoms with van der Waals surface area (Å²) in [5.41, 5.74) is 0.372. The molecule has 0 radical (unpaired) electrons. The van der Waals surface area contributed by atoms with Crippen LogP contribution in [-0.2, 0) is 4.79 Å². The van der Waals surface area contributed by atoms with Gasteiger partial charge >= 0.3 is 0 Å². The molecule has 1 saturated carbocycles. The van der Waals surface area contributed by atoms with E-state index in [-0.39, 0.29) is 17.9 Å². The number of carbonyl (C=O) groups is 1. The molecule has 2 nitrogen and oxygen atoms in total. The summed E-state index contributed by atoms with van der Waals surface area (Å²) in [5.74, 6) is 3.81. The molecule has 19 heavy (non-hydrogen) atoms. The average molecular weight is 263 g/mol. The van der Waals surface area contributed by atoms with Gasteiger partial charge in [0, 0.05) is 18.4 Å². The Morgan fingerprint density at radius 3 is 2.32 bits per heavy atom. The minimum atomic E-state index is 0.151. The molecule has 0 aromatic rings. The highest BCUT2D eigenvalue weighted by Crippen LogP contribution is 2.39. The van der Waals surface area contributed by atoms with Gasteiger partial charge in [-0.25, -0.2) is 0 Å². The summed E-state index contributed by atoms with van der Waals surface area (Å²) in [6.07, 6.45) is 11.3. The molecular formula is C17H29NO. The van der Waals surface area contributed by atoms with Gasteiger partial charge in [0.15, 0.2) is 0 Å². The standard InChI is InChI=1S/C17H29NO/c1-6-8-15(7-2)18-16(19)13-9-11-14(12-10-13)17(3,4)5/h1,13-15H,7-12H2,2-5H3,(H,18,19). The lowest BCUT2D eigenvalue weighted by molar-refractivity contribution is -0.127. The van der Waals surface area contributed by atoms with Crippen LogP contribution in [0.15, 0.2) is 0 Å². The van der Waals surface area contributed by atoms with E-state index in [1.807, 2.05) is 0 Å². The van der Waals surface area contributed by atoms with Gasteiger partial charge in [-0.2, -0.15) is 0 Å². The van der Waals surface area contributed by atoms with E-state index in [4.69, 9.17) is 6.42 Å². The van der Waals surface area contributed by atoms with E-state index >= 15 is 0 Å². The molecule has 0 aromatic carbocycles. The predicted molar refractivity (Wildman–Crippen MR) is 80.6 cm³/mol. The van der Waals surface area contributed by atoms with Crippen molar-refractivity contribution in [1.82, 2.24) is 5.32 Å². The highest BCUT2D eigenvalue weighted by atomic mass is 16.1. The molecule has 1 aliphatic rings. The Morgan fingerprint density at radius 2 is 1.89 bits per heavy atom. The quantitative estimate of drug-likeness (QED) is 0.769. The summed E-state index contributed by atoms with van der Waals surface area (Å²) < 4.78 is 0. The molecule has 1 atom stereocenters. The van der Waals surface area contributed by atoms with E-state index < -0.39 is 0 Å². The topological polar surface area (TPSA) is 29.1 Å². The van der Waals surface area contributed by atoms with Crippen molar-refractivity contribution in [1.29, 1.82) is 0 Å². The number of hydrogen-bond donors (Lipinski definition) is 1. The smallest absolute Gasteiger partial charge is 0.223 e. The molecule has 1 rings (SSSR count). The third-order valence-corrected chi connectivity index (χ3v) is 4.53. The average Bonchev–Trinajstić information content (AvgIpc) is 2.37. The second kappa shape index (κ2) is 6.98. The zero-order valence-corrected chi connectivity index (χ0v) is 13.0. The fourth-order valence-corrected chi connectivity index (χ4v) is 2.98. The molecule has 1 amide bonds. The number of hydrogen-bond acceptors (Lipinski definition) is 1. The number of terminal acetylenes is 1. The molecule has 0 aliphatic heterocycles. The van der Waals surface area contributed by atoms with Crippen molar-refractivity contribution in [2.75, 3.05) is 0 Å². The molecule has 1 fully saturated rings. The summed E-state index contributed by atoms with van der Waals surface area (Å²) in [6, 6.07) is 0.151. The van der Waals surface area contributed by atoms with E-state index in [0.29, 0.717) is 11.8 Å². The molecule has 0 spiro atoms. The Bertz CT molecular complexity index is 326. The molecule has 0 aromatic heterocycles. The maximum atomic E-state index is 12.2. The van der Waals surface area contributed by atoms with Gasteiger partial charge in [0.05, 0.1) is 0 Å². The van der Waals surface area contributed by atoms with Crippen LogP contribution in [-0.4, -0.2) is 11.9 Å². The Morgan fingerprint density at radius 1 is 1.32 bits per heavy atom. The zero-order valence-electron chi connectivity index (χ0n) is 13.0. The van der Waals surface area contributed by atoms with Crippen molar-refractivity contribution in [2.24, 2.45) is 17.3 Å². The summed E-state index contributed by atoms with van der Waals surface area (Å²) >= 11 is 0. The summed E-state index contributed by atoms with van der Waals surface area (Å²) in [7, 11) is 0. The van der Waals surface area contributed by atoms with Gasteiger partial charge in [-0.1, -0.05) is 27.7 Å². The first-order chi connectivity index (χ1) is 8.88. The molecule has 0 heterocycles. The van der Waals surface area contributed by atoms with Crippen LogP contribution in [0.3, 0.4) is 0 Å². The summed E-state index contributed by atoms with van der Waals surface area (Å²) in [6.45, 7) is 8.98. The van der Waals surface area contributed by atoms with Crippen molar-refractivity contribution in [3.05, 3.63) is 0 Å². The largest absolute Gasteiger partial charge is 0.352 e. The van der Waals surface area contributed by atoms with Crippen molar-refractivity contribution in [2.45, 2.75) is 72.3 Å². The molecule has 108 valence electrons. The van der Waals surface area contributed by atoms with Gasteiger partial charge in [-0.05, 0) is 43.4 Å². The van der Waals surface area contributed by atoms with Crippen LogP contribution in [0.25, 0.3) is 0 Å². The van der Waals surface area contributed by atoms with Crippen LogP contribution >= 0.6 is 0 Å². The Kier molecular flexibility index (Phi) is 5.91. The Balaban J connectivity index is 2.43. The fraction of sp³-hybridized carbons (Fsp3) is 0.824. The second-order valence-corrected chi connectivity index (χ2v) is 6.94. The SMILES string of the molecule is C#CCC(CC)NC(=O)C1CCC(C(C)(C)C)CC1. The Labute approximate surface area is 118 Å². The molecule has 2 heteroatoms. The maximum absolute atomic E-state index is 12.2. The van der Waals surface area contributed by atoms with Crippen LogP contribution in [0.1, 0.15) is 66.2 Å². The number of rotatable bonds is 4. The van der Waals surface area contributed by atoms with Crippen LogP contribution in [0, 0.1) is 29.6 Å². The van der Waals surface area contributed by atoms with E-state index in [2.05, 4.69) is 38.9 Å². The van der Waals surface area contributed by atoms with Crippen molar-refractivity contribution >= 4 is 5.91 Å². The van der Waals surface area contributed by atoms with Gasteiger partial charge in [-0.15, -0.1) is 12.3 Å². The van der Waals surface area contributed by atoms with Gasteiger partial charge < -0.3 is 5.32 Å². The number of carbonyl (C=O) groups excluding carboxylic acids is 1. The Hall–Kier alpha value is -0.970. The van der Waals surface area contributed by atoms with Gasteiger partial charge in [0.1, 0.15) is 0 Å². The van der Waals surface area contributed by atoms with E-state index in [0.717, 1.165) is 25.2 Å². The molecule has 1 N–H and O–H groups in total. The highest BCUT2D eigenvalue weighted by molar-refractivity contribution is 5.79. The summed E-state index contributed by atoms with van der Waals surface area (Å²) in [4.78, 5) is 12.2. The lowest BCUT2D eigenvalue weighted by Crippen LogP contribution is -2.40. The van der Waals surface area contributed by atoms with Crippen LogP contribution in [0.5, 0.6) is 0 Å². The van der Waals surface area contributed by atoms with Crippen LogP contribution < -0.4 is 5.32 Å². The molecule has 0 bridgehead atoms. The summed E-state index contributed by atoms with van der Waals surface area (Å²) in [5, 5.41) is 3.11. The minimum absolute atomic E-state index is 0.151.